The van der Waals surface area contributed by atoms with E-state index in [2.05, 4.69) is 26.6 Å². The molecule has 0 heterocycles. The Morgan fingerprint density at radius 1 is 1.03 bits per heavy atom. The maximum absolute atomic E-state index is 12.8. The molecule has 154 valence electrons. The lowest BCUT2D eigenvalue weighted by atomic mass is 10.1. The van der Waals surface area contributed by atoms with Crippen molar-refractivity contribution in [1.82, 2.24) is 5.32 Å². The molecular weight excluding hydrogens is 468 g/mol. The number of halogens is 2. The third kappa shape index (κ3) is 5.84. The number of nitrogens with one attached hydrogen (secondary N) is 2. The van der Waals surface area contributed by atoms with E-state index >= 15 is 0 Å². The molecule has 2 amide bonds. The van der Waals surface area contributed by atoms with Gasteiger partial charge in [-0.25, -0.2) is 0 Å². The minimum atomic E-state index is -0.381. The predicted molar refractivity (Wildman–Crippen MR) is 122 cm³/mol. The van der Waals surface area contributed by atoms with E-state index in [1.54, 1.807) is 42.5 Å². The molecule has 3 rings (SSSR count). The van der Waals surface area contributed by atoms with Crippen molar-refractivity contribution < 1.29 is 14.3 Å². The number of amides is 2. The second-order valence-electron chi connectivity index (χ2n) is 6.56. The highest BCUT2D eigenvalue weighted by molar-refractivity contribution is 9.10. The van der Waals surface area contributed by atoms with Gasteiger partial charge in [0.25, 0.3) is 11.8 Å². The zero-order chi connectivity index (χ0) is 21.5. The fraction of sp³-hybridized carbons (Fsp3) is 0.130. The Labute approximate surface area is 188 Å². The lowest BCUT2D eigenvalue weighted by Crippen LogP contribution is -2.28. The van der Waals surface area contributed by atoms with E-state index < -0.39 is 0 Å². The first kappa shape index (κ1) is 21.9. The standard InChI is InChI=1S/C23H20BrClN2O3/c1-15(16-7-3-2-4-8-16)26-23(29)18-9-5-6-10-20(18)27-22(28)14-30-21-12-11-17(25)13-19(21)24/h2-13,15H,14H2,1H3,(H,26,29)(H,27,28)/t15-/m0/s1. The quantitative estimate of drug-likeness (QED) is 0.455. The van der Waals surface area contributed by atoms with Gasteiger partial charge < -0.3 is 15.4 Å². The molecule has 0 aliphatic rings. The molecule has 7 heteroatoms. The summed E-state index contributed by atoms with van der Waals surface area (Å²) in [4.78, 5) is 25.1. The SMILES string of the molecule is C[C@H](NC(=O)c1ccccc1NC(=O)COc1ccc(Cl)cc1Br)c1ccccc1. The van der Waals surface area contributed by atoms with Crippen LogP contribution in [0.25, 0.3) is 0 Å². The van der Waals surface area contributed by atoms with Crippen molar-refractivity contribution in [2.45, 2.75) is 13.0 Å². The van der Waals surface area contributed by atoms with Gasteiger partial charge in [0.2, 0.25) is 0 Å². The Hall–Kier alpha value is -2.83. The number of hydrogen-bond acceptors (Lipinski definition) is 3. The lowest BCUT2D eigenvalue weighted by molar-refractivity contribution is -0.118. The van der Waals surface area contributed by atoms with Gasteiger partial charge in [-0.2, -0.15) is 0 Å². The number of hydrogen-bond donors (Lipinski definition) is 2. The average molecular weight is 488 g/mol. The number of rotatable bonds is 7. The van der Waals surface area contributed by atoms with Crippen LogP contribution in [0.2, 0.25) is 5.02 Å². The summed E-state index contributed by atoms with van der Waals surface area (Å²) in [5.74, 6) is -0.158. The van der Waals surface area contributed by atoms with Crippen LogP contribution in [-0.2, 0) is 4.79 Å². The molecule has 0 fully saturated rings. The van der Waals surface area contributed by atoms with Crippen molar-refractivity contribution in [3.63, 3.8) is 0 Å². The zero-order valence-electron chi connectivity index (χ0n) is 16.2. The van der Waals surface area contributed by atoms with Gasteiger partial charge >= 0.3 is 0 Å². The Morgan fingerprint density at radius 3 is 2.47 bits per heavy atom. The molecule has 0 saturated carbocycles. The van der Waals surface area contributed by atoms with Crippen molar-refractivity contribution in [1.29, 1.82) is 0 Å². The lowest BCUT2D eigenvalue weighted by Gasteiger charge is -2.16. The van der Waals surface area contributed by atoms with Gasteiger partial charge in [-0.15, -0.1) is 0 Å². The summed E-state index contributed by atoms with van der Waals surface area (Å²) in [5, 5.41) is 6.25. The summed E-state index contributed by atoms with van der Waals surface area (Å²) in [6.45, 7) is 1.70. The molecule has 0 bridgehead atoms. The molecule has 0 radical (unpaired) electrons. The fourth-order valence-electron chi connectivity index (χ4n) is 2.81. The molecule has 0 aliphatic heterocycles. The topological polar surface area (TPSA) is 67.4 Å². The Kier molecular flexibility index (Phi) is 7.49. The molecule has 1 atom stereocenters. The molecule has 3 aromatic rings. The van der Waals surface area contributed by atoms with Gasteiger partial charge in [-0.3, -0.25) is 9.59 Å². The van der Waals surface area contributed by atoms with Crippen LogP contribution in [0.5, 0.6) is 5.75 Å². The van der Waals surface area contributed by atoms with Crippen LogP contribution in [0, 0.1) is 0 Å². The molecule has 0 spiro atoms. The number of carbonyl (C=O) groups excluding carboxylic acids is 2. The molecule has 3 aromatic carbocycles. The van der Waals surface area contributed by atoms with Gasteiger partial charge in [0, 0.05) is 5.02 Å². The van der Waals surface area contributed by atoms with Crippen LogP contribution < -0.4 is 15.4 Å². The zero-order valence-corrected chi connectivity index (χ0v) is 18.5. The predicted octanol–water partition coefficient (Wildman–Crippen LogP) is 5.61. The first-order chi connectivity index (χ1) is 14.4. The van der Waals surface area contributed by atoms with E-state index in [1.165, 1.54) is 0 Å². The van der Waals surface area contributed by atoms with Crippen LogP contribution >= 0.6 is 27.5 Å². The summed E-state index contributed by atoms with van der Waals surface area (Å²) >= 11 is 9.25. The summed E-state index contributed by atoms with van der Waals surface area (Å²) in [5.41, 5.74) is 1.79. The Bertz CT molecular complexity index is 1040. The highest BCUT2D eigenvalue weighted by Crippen LogP contribution is 2.28. The third-order valence-electron chi connectivity index (χ3n) is 4.35. The summed E-state index contributed by atoms with van der Waals surface area (Å²) in [6, 6.07) is 21.4. The van der Waals surface area contributed by atoms with Gasteiger partial charge in [-0.1, -0.05) is 54.1 Å². The highest BCUT2D eigenvalue weighted by atomic mass is 79.9. The average Bonchev–Trinajstić information content (AvgIpc) is 2.74. The molecule has 5 nitrogen and oxygen atoms in total. The van der Waals surface area contributed by atoms with Gasteiger partial charge in [0.1, 0.15) is 5.75 Å². The second kappa shape index (κ2) is 10.3. The normalized spacial score (nSPS) is 11.4. The smallest absolute Gasteiger partial charge is 0.262 e. The van der Waals surface area contributed by atoms with Gasteiger partial charge in [-0.05, 0) is 58.7 Å². The van der Waals surface area contributed by atoms with Gasteiger partial charge in [0.15, 0.2) is 6.61 Å². The summed E-state index contributed by atoms with van der Waals surface area (Å²) < 4.78 is 6.18. The largest absolute Gasteiger partial charge is 0.483 e. The molecule has 0 aromatic heterocycles. The number of benzene rings is 3. The van der Waals surface area contributed by atoms with E-state index in [1.807, 2.05) is 37.3 Å². The van der Waals surface area contributed by atoms with Crippen molar-refractivity contribution >= 4 is 45.0 Å². The molecule has 0 unspecified atom stereocenters. The van der Waals surface area contributed by atoms with E-state index in [4.69, 9.17) is 16.3 Å². The fourth-order valence-corrected chi connectivity index (χ4v) is 3.61. The number of ether oxygens (including phenoxy) is 1. The molecule has 2 N–H and O–H groups in total. The van der Waals surface area contributed by atoms with Crippen LogP contribution in [0.15, 0.2) is 77.3 Å². The Morgan fingerprint density at radius 2 is 1.73 bits per heavy atom. The monoisotopic (exact) mass is 486 g/mol. The van der Waals surface area contributed by atoms with Gasteiger partial charge in [0.05, 0.1) is 21.8 Å². The first-order valence-corrected chi connectivity index (χ1v) is 10.4. The molecule has 0 aliphatic carbocycles. The maximum Gasteiger partial charge on any atom is 0.262 e. The number of carbonyl (C=O) groups is 2. The minimum Gasteiger partial charge on any atom is -0.483 e. The number of para-hydroxylation sites is 1. The minimum absolute atomic E-state index is 0.173. The van der Waals surface area contributed by atoms with Crippen LogP contribution in [0.1, 0.15) is 28.9 Å². The highest BCUT2D eigenvalue weighted by Gasteiger charge is 2.16. The molecular formula is C23H20BrClN2O3. The van der Waals surface area contributed by atoms with Crippen molar-refractivity contribution in [2.24, 2.45) is 0 Å². The number of anilines is 1. The maximum atomic E-state index is 12.8. The van der Waals surface area contributed by atoms with Crippen LogP contribution in [0.4, 0.5) is 5.69 Å². The summed E-state index contributed by atoms with van der Waals surface area (Å²) in [7, 11) is 0. The van der Waals surface area contributed by atoms with Crippen molar-refractivity contribution in [2.75, 3.05) is 11.9 Å². The Balaban J connectivity index is 1.64. The third-order valence-corrected chi connectivity index (χ3v) is 5.20. The van der Waals surface area contributed by atoms with E-state index in [0.717, 1.165) is 5.56 Å². The molecule has 0 saturated heterocycles. The molecule has 30 heavy (non-hydrogen) atoms. The van der Waals surface area contributed by atoms with E-state index in [-0.39, 0.29) is 24.5 Å². The van der Waals surface area contributed by atoms with Crippen molar-refractivity contribution in [3.05, 3.63) is 93.4 Å². The van der Waals surface area contributed by atoms with E-state index in [9.17, 15) is 9.59 Å². The van der Waals surface area contributed by atoms with Crippen LogP contribution in [-0.4, -0.2) is 18.4 Å². The summed E-state index contributed by atoms with van der Waals surface area (Å²) in [6.07, 6.45) is 0. The second-order valence-corrected chi connectivity index (χ2v) is 7.85. The first-order valence-electron chi connectivity index (χ1n) is 9.26. The van der Waals surface area contributed by atoms with Crippen LogP contribution in [0.3, 0.4) is 0 Å². The van der Waals surface area contributed by atoms with E-state index in [0.29, 0.717) is 26.5 Å². The van der Waals surface area contributed by atoms with Crippen molar-refractivity contribution in [3.8, 4) is 5.75 Å².